The summed E-state index contributed by atoms with van der Waals surface area (Å²) in [6, 6.07) is 0.923. The summed E-state index contributed by atoms with van der Waals surface area (Å²) in [6.45, 7) is 9.17. The SMILES string of the molecule is CCOC(=O)C1(NC(=O)OCC[Si](C)(C)C)CCC1. The summed E-state index contributed by atoms with van der Waals surface area (Å²) in [5.74, 6) is -0.344. The van der Waals surface area contributed by atoms with Gasteiger partial charge in [0.25, 0.3) is 0 Å². The molecule has 6 heteroatoms. The highest BCUT2D eigenvalue weighted by atomic mass is 28.3. The third-order valence-corrected chi connectivity index (χ3v) is 5.00. The second-order valence-electron chi connectivity index (χ2n) is 6.23. The lowest BCUT2D eigenvalue weighted by atomic mass is 9.77. The smallest absolute Gasteiger partial charge is 0.408 e. The van der Waals surface area contributed by atoms with Crippen molar-refractivity contribution in [3.63, 3.8) is 0 Å². The second-order valence-corrected chi connectivity index (χ2v) is 11.8. The minimum Gasteiger partial charge on any atom is -0.464 e. The number of nitrogens with one attached hydrogen (secondary N) is 1. The van der Waals surface area contributed by atoms with E-state index in [9.17, 15) is 9.59 Å². The number of carbonyl (C=O) groups excluding carboxylic acids is 2. The van der Waals surface area contributed by atoms with E-state index in [2.05, 4.69) is 25.0 Å². The van der Waals surface area contributed by atoms with Crippen LogP contribution >= 0.6 is 0 Å². The Morgan fingerprint density at radius 1 is 1.21 bits per heavy atom. The molecule has 0 aliphatic heterocycles. The van der Waals surface area contributed by atoms with E-state index in [0.717, 1.165) is 12.5 Å². The van der Waals surface area contributed by atoms with Gasteiger partial charge in [-0.3, -0.25) is 0 Å². The molecule has 1 rings (SSSR count). The summed E-state index contributed by atoms with van der Waals surface area (Å²) in [5, 5.41) is 2.68. The Morgan fingerprint density at radius 2 is 1.84 bits per heavy atom. The van der Waals surface area contributed by atoms with Crippen LogP contribution < -0.4 is 5.32 Å². The lowest BCUT2D eigenvalue weighted by Gasteiger charge is -2.39. The zero-order valence-electron chi connectivity index (χ0n) is 12.4. The quantitative estimate of drug-likeness (QED) is 0.602. The van der Waals surface area contributed by atoms with E-state index >= 15 is 0 Å². The van der Waals surface area contributed by atoms with Crippen molar-refractivity contribution in [1.29, 1.82) is 0 Å². The monoisotopic (exact) mass is 287 g/mol. The molecule has 0 saturated heterocycles. The molecular weight excluding hydrogens is 262 g/mol. The maximum Gasteiger partial charge on any atom is 0.408 e. The highest BCUT2D eigenvalue weighted by Gasteiger charge is 2.47. The minimum atomic E-state index is -1.21. The Bertz CT molecular complexity index is 334. The predicted molar refractivity (Wildman–Crippen MR) is 75.9 cm³/mol. The van der Waals surface area contributed by atoms with Crippen LogP contribution in [0.5, 0.6) is 0 Å². The molecule has 0 heterocycles. The summed E-state index contributed by atoms with van der Waals surface area (Å²) in [4.78, 5) is 23.6. The van der Waals surface area contributed by atoms with E-state index < -0.39 is 19.7 Å². The molecule has 1 fully saturated rings. The van der Waals surface area contributed by atoms with Crippen molar-refractivity contribution in [2.75, 3.05) is 13.2 Å². The molecule has 0 spiro atoms. The van der Waals surface area contributed by atoms with Crippen LogP contribution in [0.2, 0.25) is 25.7 Å². The number of amides is 1. The highest BCUT2D eigenvalue weighted by molar-refractivity contribution is 6.76. The van der Waals surface area contributed by atoms with Gasteiger partial charge in [0.15, 0.2) is 0 Å². The van der Waals surface area contributed by atoms with Gasteiger partial charge in [0.1, 0.15) is 5.54 Å². The lowest BCUT2D eigenvalue weighted by molar-refractivity contribution is -0.154. The van der Waals surface area contributed by atoms with E-state index in [4.69, 9.17) is 9.47 Å². The van der Waals surface area contributed by atoms with Crippen LogP contribution in [0.4, 0.5) is 4.79 Å². The molecule has 1 N–H and O–H groups in total. The third-order valence-electron chi connectivity index (χ3n) is 3.30. The average Bonchev–Trinajstić information content (AvgIpc) is 2.21. The summed E-state index contributed by atoms with van der Waals surface area (Å²) in [6.07, 6.45) is 1.68. The summed E-state index contributed by atoms with van der Waals surface area (Å²) >= 11 is 0. The first-order valence-corrected chi connectivity index (χ1v) is 10.6. The molecule has 0 radical (unpaired) electrons. The highest BCUT2D eigenvalue weighted by Crippen LogP contribution is 2.33. The van der Waals surface area contributed by atoms with Gasteiger partial charge in [-0.2, -0.15) is 0 Å². The van der Waals surface area contributed by atoms with Crippen LogP contribution in [0, 0.1) is 0 Å². The van der Waals surface area contributed by atoms with E-state index in [1.807, 2.05) is 0 Å². The van der Waals surface area contributed by atoms with E-state index in [1.54, 1.807) is 6.92 Å². The normalized spacial score (nSPS) is 17.3. The number of carbonyl (C=O) groups is 2. The molecule has 0 aromatic heterocycles. The van der Waals surface area contributed by atoms with Crippen LogP contribution in [0.3, 0.4) is 0 Å². The van der Waals surface area contributed by atoms with Gasteiger partial charge in [0.05, 0.1) is 13.2 Å². The average molecular weight is 287 g/mol. The molecule has 110 valence electrons. The first-order valence-electron chi connectivity index (χ1n) is 6.91. The second kappa shape index (κ2) is 6.41. The lowest BCUT2D eigenvalue weighted by Crippen LogP contribution is -2.59. The van der Waals surface area contributed by atoms with Gasteiger partial charge in [-0.15, -0.1) is 0 Å². The molecule has 0 bridgehead atoms. The number of hydrogen-bond acceptors (Lipinski definition) is 4. The largest absolute Gasteiger partial charge is 0.464 e. The van der Waals surface area contributed by atoms with Crippen LogP contribution in [0.15, 0.2) is 0 Å². The van der Waals surface area contributed by atoms with Crippen LogP contribution in [0.1, 0.15) is 26.2 Å². The molecule has 0 unspecified atom stereocenters. The molecule has 0 atom stereocenters. The molecule has 1 aliphatic carbocycles. The third kappa shape index (κ3) is 4.85. The number of esters is 1. The molecule has 0 aromatic rings. The van der Waals surface area contributed by atoms with Crippen LogP contribution in [0.25, 0.3) is 0 Å². The summed E-state index contributed by atoms with van der Waals surface area (Å²) in [7, 11) is -1.21. The number of rotatable bonds is 6. The van der Waals surface area contributed by atoms with Gasteiger partial charge < -0.3 is 14.8 Å². The van der Waals surface area contributed by atoms with Crippen molar-refractivity contribution in [3.05, 3.63) is 0 Å². The molecule has 5 nitrogen and oxygen atoms in total. The zero-order valence-corrected chi connectivity index (χ0v) is 13.4. The molecule has 1 aliphatic rings. The zero-order chi connectivity index (χ0) is 14.5. The summed E-state index contributed by atoms with van der Waals surface area (Å²) in [5.41, 5.74) is -0.841. The molecule has 1 saturated carbocycles. The standard InChI is InChI=1S/C13H25NO4Si/c1-5-17-11(15)13(7-6-8-13)14-12(16)18-9-10-19(2,3)4/h5-10H2,1-4H3,(H,14,16). The van der Waals surface area contributed by atoms with Gasteiger partial charge in [-0.05, 0) is 32.2 Å². The van der Waals surface area contributed by atoms with Gasteiger partial charge in [0.2, 0.25) is 0 Å². The fourth-order valence-corrected chi connectivity index (χ4v) is 2.58. The molecule has 19 heavy (non-hydrogen) atoms. The topological polar surface area (TPSA) is 64.6 Å². The van der Waals surface area contributed by atoms with Gasteiger partial charge >= 0.3 is 12.1 Å². The van der Waals surface area contributed by atoms with E-state index in [1.165, 1.54) is 0 Å². The Hall–Kier alpha value is -1.04. The number of alkyl carbamates (subject to hydrolysis) is 1. The Morgan fingerprint density at radius 3 is 2.26 bits per heavy atom. The Balaban J connectivity index is 2.39. The van der Waals surface area contributed by atoms with Crippen molar-refractivity contribution in [2.45, 2.75) is 57.4 Å². The van der Waals surface area contributed by atoms with Crippen molar-refractivity contribution >= 4 is 20.1 Å². The summed E-state index contributed by atoms with van der Waals surface area (Å²) < 4.78 is 10.2. The van der Waals surface area contributed by atoms with Crippen LogP contribution in [-0.4, -0.2) is 38.9 Å². The molecular formula is C13H25NO4Si. The maximum absolute atomic E-state index is 11.8. The van der Waals surface area contributed by atoms with Crippen LogP contribution in [-0.2, 0) is 14.3 Å². The Labute approximate surface area is 116 Å². The molecule has 1 amide bonds. The number of ether oxygens (including phenoxy) is 2. The van der Waals surface area contributed by atoms with Crippen molar-refractivity contribution in [3.8, 4) is 0 Å². The fraction of sp³-hybridized carbons (Fsp3) is 0.846. The first-order chi connectivity index (χ1) is 8.79. The van der Waals surface area contributed by atoms with Crippen molar-refractivity contribution in [2.24, 2.45) is 0 Å². The van der Waals surface area contributed by atoms with Gasteiger partial charge in [-0.25, -0.2) is 9.59 Å². The predicted octanol–water partition coefficient (Wildman–Crippen LogP) is 2.54. The Kier molecular flexibility index (Phi) is 5.40. The van der Waals surface area contributed by atoms with Crippen molar-refractivity contribution < 1.29 is 19.1 Å². The maximum atomic E-state index is 11.8. The van der Waals surface area contributed by atoms with Gasteiger partial charge in [0, 0.05) is 8.07 Å². The van der Waals surface area contributed by atoms with Gasteiger partial charge in [-0.1, -0.05) is 19.6 Å². The first kappa shape index (κ1) is 16.0. The minimum absolute atomic E-state index is 0.326. The fourth-order valence-electron chi connectivity index (χ4n) is 1.86. The number of hydrogen-bond donors (Lipinski definition) is 1. The van der Waals surface area contributed by atoms with Crippen molar-refractivity contribution in [1.82, 2.24) is 5.32 Å². The molecule has 0 aromatic carbocycles. The van der Waals surface area contributed by atoms with E-state index in [0.29, 0.717) is 26.1 Å². The van der Waals surface area contributed by atoms with E-state index in [-0.39, 0.29) is 5.97 Å².